The third-order valence-corrected chi connectivity index (χ3v) is 3.72. The number of nitrogens with zero attached hydrogens (tertiary/aromatic N) is 4. The molecule has 3 rings (SSSR count). The van der Waals surface area contributed by atoms with Crippen molar-refractivity contribution in [2.24, 2.45) is 0 Å². The van der Waals surface area contributed by atoms with Crippen LogP contribution in [0.25, 0.3) is 10.9 Å². The molecule has 0 radical (unpaired) electrons. The predicted octanol–water partition coefficient (Wildman–Crippen LogP) is 2.84. The van der Waals surface area contributed by atoms with Gasteiger partial charge >= 0.3 is 0 Å². The molecule has 0 unspecified atom stereocenters. The molecule has 1 aromatic carbocycles. The van der Waals surface area contributed by atoms with Crippen LogP contribution in [0.3, 0.4) is 0 Å². The Bertz CT molecular complexity index is 934. The maximum atomic E-state index is 13.4. The minimum Gasteiger partial charge on any atom is -0.265 e. The third kappa shape index (κ3) is 2.76. The van der Waals surface area contributed by atoms with Gasteiger partial charge in [0.2, 0.25) is 0 Å². The maximum Gasteiger partial charge on any atom is 0.293 e. The zero-order valence-corrected chi connectivity index (χ0v) is 13.7. The lowest BCUT2D eigenvalue weighted by atomic mass is 10.1. The van der Waals surface area contributed by atoms with Crippen LogP contribution in [0.5, 0.6) is 0 Å². The average Bonchev–Trinajstić information content (AvgIpc) is 2.90. The van der Waals surface area contributed by atoms with Gasteiger partial charge in [-0.1, -0.05) is 12.1 Å². The summed E-state index contributed by atoms with van der Waals surface area (Å²) in [6, 6.07) is 6.19. The third-order valence-electron chi connectivity index (χ3n) is 3.72. The van der Waals surface area contributed by atoms with Gasteiger partial charge in [0.25, 0.3) is 5.56 Å². The molecule has 0 bridgehead atoms. The van der Waals surface area contributed by atoms with E-state index < -0.39 is 0 Å². The second kappa shape index (κ2) is 5.30. The van der Waals surface area contributed by atoms with Gasteiger partial charge in [0.15, 0.2) is 0 Å². The molecule has 2 aromatic heterocycles. The highest BCUT2D eigenvalue weighted by molar-refractivity contribution is 5.79. The van der Waals surface area contributed by atoms with Crippen molar-refractivity contribution in [1.82, 2.24) is 19.6 Å². The summed E-state index contributed by atoms with van der Waals surface area (Å²) < 4.78 is 16.4. The molecule has 0 saturated heterocycles. The fourth-order valence-electron chi connectivity index (χ4n) is 2.65. The molecule has 120 valence electrons. The lowest BCUT2D eigenvalue weighted by Gasteiger charge is -2.20. The van der Waals surface area contributed by atoms with Gasteiger partial charge in [-0.3, -0.25) is 9.48 Å². The minimum atomic E-state index is -0.326. The first-order valence-electron chi connectivity index (χ1n) is 7.48. The first kappa shape index (κ1) is 15.4. The molecule has 23 heavy (non-hydrogen) atoms. The van der Waals surface area contributed by atoms with E-state index in [0.717, 1.165) is 11.1 Å². The standard InChI is InChI=1S/C17H19FN4O/c1-11-14-9-19-22(17(2,3)4)15(14)16(23)21(20-11)10-12-6-5-7-13(18)8-12/h5-9H,10H2,1-4H3. The van der Waals surface area contributed by atoms with Gasteiger partial charge in [0, 0.05) is 5.39 Å². The summed E-state index contributed by atoms with van der Waals surface area (Å²) in [5, 5.41) is 9.45. The summed E-state index contributed by atoms with van der Waals surface area (Å²) in [5.74, 6) is -0.326. The van der Waals surface area contributed by atoms with Crippen molar-refractivity contribution in [1.29, 1.82) is 0 Å². The molecule has 0 N–H and O–H groups in total. The summed E-state index contributed by atoms with van der Waals surface area (Å²) in [4.78, 5) is 12.8. The molecule has 6 heteroatoms. The average molecular weight is 314 g/mol. The summed E-state index contributed by atoms with van der Waals surface area (Å²) in [5.41, 5.74) is 1.42. The van der Waals surface area contributed by atoms with E-state index in [1.807, 2.05) is 27.7 Å². The molecular weight excluding hydrogens is 295 g/mol. The molecular formula is C17H19FN4O. The zero-order valence-electron chi connectivity index (χ0n) is 13.7. The topological polar surface area (TPSA) is 52.7 Å². The number of hydrogen-bond donors (Lipinski definition) is 0. The Morgan fingerprint density at radius 1 is 1.26 bits per heavy atom. The number of rotatable bonds is 2. The molecule has 5 nitrogen and oxygen atoms in total. The minimum absolute atomic E-state index is 0.220. The van der Waals surface area contributed by atoms with Gasteiger partial charge in [-0.05, 0) is 45.4 Å². The Morgan fingerprint density at radius 2 is 2.00 bits per heavy atom. The molecule has 0 saturated carbocycles. The van der Waals surface area contributed by atoms with E-state index in [9.17, 15) is 9.18 Å². The molecule has 2 heterocycles. The molecule has 0 aliphatic heterocycles. The van der Waals surface area contributed by atoms with Crippen molar-refractivity contribution in [2.45, 2.75) is 39.8 Å². The SMILES string of the molecule is Cc1nn(Cc2cccc(F)c2)c(=O)c2c1cnn2C(C)(C)C. The van der Waals surface area contributed by atoms with Gasteiger partial charge in [-0.25, -0.2) is 9.07 Å². The van der Waals surface area contributed by atoms with Crippen molar-refractivity contribution >= 4 is 10.9 Å². The van der Waals surface area contributed by atoms with Crippen LogP contribution in [0.1, 0.15) is 32.0 Å². The summed E-state index contributed by atoms with van der Waals surface area (Å²) in [6.45, 7) is 8.05. The second-order valence-electron chi connectivity index (χ2n) is 6.67. The Hall–Kier alpha value is -2.50. The van der Waals surface area contributed by atoms with E-state index in [0.29, 0.717) is 11.1 Å². The highest BCUT2D eigenvalue weighted by Gasteiger charge is 2.21. The maximum absolute atomic E-state index is 13.4. The molecule has 0 amide bonds. The molecule has 0 fully saturated rings. The Balaban J connectivity index is 2.19. The molecule has 0 aliphatic rings. The number of halogens is 1. The molecule has 0 atom stereocenters. The van der Waals surface area contributed by atoms with Crippen LogP contribution in [-0.2, 0) is 12.1 Å². The number of benzene rings is 1. The van der Waals surface area contributed by atoms with Crippen molar-refractivity contribution in [2.75, 3.05) is 0 Å². The molecule has 3 aromatic rings. The highest BCUT2D eigenvalue weighted by Crippen LogP contribution is 2.20. The van der Waals surface area contributed by atoms with Crippen molar-refractivity contribution < 1.29 is 4.39 Å². The van der Waals surface area contributed by atoms with E-state index in [-0.39, 0.29) is 23.5 Å². The van der Waals surface area contributed by atoms with Crippen LogP contribution in [0.2, 0.25) is 0 Å². The Morgan fingerprint density at radius 3 is 2.65 bits per heavy atom. The van der Waals surface area contributed by atoms with E-state index in [1.54, 1.807) is 23.0 Å². The number of aromatic nitrogens is 4. The van der Waals surface area contributed by atoms with Gasteiger partial charge in [-0.15, -0.1) is 0 Å². The van der Waals surface area contributed by atoms with Crippen LogP contribution >= 0.6 is 0 Å². The lowest BCUT2D eigenvalue weighted by molar-refractivity contribution is 0.366. The Kier molecular flexibility index (Phi) is 3.55. The van der Waals surface area contributed by atoms with Crippen LogP contribution < -0.4 is 5.56 Å². The quantitative estimate of drug-likeness (QED) is 0.731. The van der Waals surface area contributed by atoms with Crippen molar-refractivity contribution in [3.63, 3.8) is 0 Å². The van der Waals surface area contributed by atoms with E-state index in [2.05, 4.69) is 10.2 Å². The van der Waals surface area contributed by atoms with Crippen LogP contribution in [0.4, 0.5) is 4.39 Å². The van der Waals surface area contributed by atoms with Crippen molar-refractivity contribution in [3.05, 3.63) is 57.9 Å². The van der Waals surface area contributed by atoms with Crippen LogP contribution in [0, 0.1) is 12.7 Å². The van der Waals surface area contributed by atoms with Crippen LogP contribution in [-0.4, -0.2) is 19.6 Å². The largest absolute Gasteiger partial charge is 0.293 e. The zero-order chi connectivity index (χ0) is 16.8. The van der Waals surface area contributed by atoms with E-state index in [4.69, 9.17) is 0 Å². The van der Waals surface area contributed by atoms with Gasteiger partial charge in [0.1, 0.15) is 11.3 Å². The first-order valence-corrected chi connectivity index (χ1v) is 7.48. The Labute approximate surface area is 133 Å². The highest BCUT2D eigenvalue weighted by atomic mass is 19.1. The fourth-order valence-corrected chi connectivity index (χ4v) is 2.65. The monoisotopic (exact) mass is 314 g/mol. The summed E-state index contributed by atoms with van der Waals surface area (Å²) in [7, 11) is 0. The van der Waals surface area contributed by atoms with Gasteiger partial charge in [0.05, 0.1) is 24.0 Å². The predicted molar refractivity (Wildman–Crippen MR) is 87.0 cm³/mol. The molecule has 0 aliphatic carbocycles. The fraction of sp³-hybridized carbons (Fsp3) is 0.353. The smallest absolute Gasteiger partial charge is 0.265 e. The van der Waals surface area contributed by atoms with Gasteiger partial charge in [-0.2, -0.15) is 10.2 Å². The van der Waals surface area contributed by atoms with Crippen LogP contribution in [0.15, 0.2) is 35.3 Å². The molecule has 0 spiro atoms. The summed E-state index contributed by atoms with van der Waals surface area (Å²) >= 11 is 0. The first-order chi connectivity index (χ1) is 10.8. The number of fused-ring (bicyclic) bond motifs is 1. The summed E-state index contributed by atoms with van der Waals surface area (Å²) in [6.07, 6.45) is 1.68. The second-order valence-corrected chi connectivity index (χ2v) is 6.67. The lowest BCUT2D eigenvalue weighted by Crippen LogP contribution is -2.31. The van der Waals surface area contributed by atoms with Gasteiger partial charge < -0.3 is 0 Å². The van der Waals surface area contributed by atoms with E-state index >= 15 is 0 Å². The number of aryl methyl sites for hydroxylation is 1. The normalized spacial score (nSPS) is 12.0. The van der Waals surface area contributed by atoms with Crippen molar-refractivity contribution in [3.8, 4) is 0 Å². The number of hydrogen-bond acceptors (Lipinski definition) is 3. The van der Waals surface area contributed by atoms with E-state index in [1.165, 1.54) is 16.8 Å².